The Kier molecular flexibility index (Phi) is 5.18. The van der Waals surface area contributed by atoms with E-state index in [9.17, 15) is 0 Å². The van der Waals surface area contributed by atoms with Gasteiger partial charge in [0.05, 0.1) is 11.4 Å². The van der Waals surface area contributed by atoms with Crippen molar-refractivity contribution in [2.24, 2.45) is 4.99 Å². The largest absolute Gasteiger partial charge is 0.250 e. The van der Waals surface area contributed by atoms with Crippen molar-refractivity contribution in [1.29, 1.82) is 0 Å². The van der Waals surface area contributed by atoms with Crippen LogP contribution in [0.15, 0.2) is 111 Å². The molecule has 30 heavy (non-hydrogen) atoms. The second kappa shape index (κ2) is 8.12. The van der Waals surface area contributed by atoms with Gasteiger partial charge in [-0.1, -0.05) is 111 Å². The zero-order chi connectivity index (χ0) is 20.5. The molecule has 0 radical (unpaired) electrons. The Hall–Kier alpha value is -2.84. The predicted octanol–water partition coefficient (Wildman–Crippen LogP) is 8.03. The standard InChI is InChI=1S/C28H25NS/c1-19(21-11-5-3-6-12-21)23-15-10-18-26-27(23)29-25-17-9-16-24(28(25)30-26)20(2)22-13-7-4-8-14-22/h3-16,18-20H,17H2,1-2H3. The molecule has 148 valence electrons. The Morgan fingerprint density at radius 1 is 0.767 bits per heavy atom. The maximum Gasteiger partial charge on any atom is 0.0811 e. The van der Waals surface area contributed by atoms with Crippen LogP contribution in [0.4, 0.5) is 5.69 Å². The molecule has 1 heterocycles. The maximum atomic E-state index is 5.23. The van der Waals surface area contributed by atoms with Crippen LogP contribution in [0.1, 0.15) is 48.8 Å². The summed E-state index contributed by atoms with van der Waals surface area (Å²) >= 11 is 1.90. The van der Waals surface area contributed by atoms with Crippen LogP contribution in [-0.2, 0) is 0 Å². The van der Waals surface area contributed by atoms with Crippen molar-refractivity contribution < 1.29 is 0 Å². The fourth-order valence-electron chi connectivity index (χ4n) is 4.37. The van der Waals surface area contributed by atoms with Gasteiger partial charge in [-0.3, -0.25) is 4.99 Å². The van der Waals surface area contributed by atoms with Crippen molar-refractivity contribution in [2.75, 3.05) is 0 Å². The summed E-state index contributed by atoms with van der Waals surface area (Å²) in [6.07, 6.45) is 5.48. The molecule has 2 aliphatic rings. The lowest BCUT2D eigenvalue weighted by atomic mass is 9.88. The first kappa shape index (κ1) is 19.1. The summed E-state index contributed by atoms with van der Waals surface area (Å²) in [5.41, 5.74) is 7.73. The van der Waals surface area contributed by atoms with Gasteiger partial charge >= 0.3 is 0 Å². The van der Waals surface area contributed by atoms with Gasteiger partial charge in [0.25, 0.3) is 0 Å². The smallest absolute Gasteiger partial charge is 0.0811 e. The molecule has 5 rings (SSSR count). The van der Waals surface area contributed by atoms with Crippen molar-refractivity contribution >= 4 is 23.2 Å². The monoisotopic (exact) mass is 407 g/mol. The van der Waals surface area contributed by atoms with E-state index in [0.29, 0.717) is 11.8 Å². The van der Waals surface area contributed by atoms with E-state index < -0.39 is 0 Å². The van der Waals surface area contributed by atoms with Crippen LogP contribution in [-0.4, -0.2) is 5.71 Å². The molecular weight excluding hydrogens is 382 g/mol. The van der Waals surface area contributed by atoms with Crippen molar-refractivity contribution in [3.8, 4) is 0 Å². The molecule has 2 unspecified atom stereocenters. The molecular formula is C28H25NS. The van der Waals surface area contributed by atoms with Crippen molar-refractivity contribution in [3.05, 3.63) is 118 Å². The summed E-state index contributed by atoms with van der Waals surface area (Å²) in [6, 6.07) is 28.1. The number of hydrogen-bond donors (Lipinski definition) is 0. The molecule has 1 aliphatic heterocycles. The Labute approximate surface area is 183 Å². The minimum atomic E-state index is 0.318. The number of para-hydroxylation sites is 1. The minimum absolute atomic E-state index is 0.318. The van der Waals surface area contributed by atoms with Gasteiger partial charge in [0.1, 0.15) is 0 Å². The van der Waals surface area contributed by atoms with Gasteiger partial charge in [0, 0.05) is 28.1 Å². The van der Waals surface area contributed by atoms with Crippen LogP contribution >= 0.6 is 11.8 Å². The highest BCUT2D eigenvalue weighted by Crippen LogP contribution is 2.49. The topological polar surface area (TPSA) is 12.4 Å². The molecule has 0 amide bonds. The molecule has 0 spiro atoms. The van der Waals surface area contributed by atoms with Gasteiger partial charge in [-0.05, 0) is 28.3 Å². The first-order valence-corrected chi connectivity index (χ1v) is 11.4. The van der Waals surface area contributed by atoms with Crippen molar-refractivity contribution in [3.63, 3.8) is 0 Å². The molecule has 2 heteroatoms. The van der Waals surface area contributed by atoms with Crippen LogP contribution in [0.25, 0.3) is 0 Å². The summed E-state index contributed by atoms with van der Waals surface area (Å²) in [7, 11) is 0. The zero-order valence-corrected chi connectivity index (χ0v) is 18.2. The second-order valence-corrected chi connectivity index (χ2v) is 9.06. The first-order chi connectivity index (χ1) is 14.7. The average Bonchev–Trinajstić information content (AvgIpc) is 2.82. The highest BCUT2D eigenvalue weighted by molar-refractivity contribution is 8.04. The third-order valence-corrected chi connectivity index (χ3v) is 7.38. The molecule has 3 aromatic rings. The molecule has 1 aliphatic carbocycles. The Balaban J connectivity index is 1.57. The molecule has 0 saturated heterocycles. The first-order valence-electron chi connectivity index (χ1n) is 10.6. The van der Waals surface area contributed by atoms with E-state index in [4.69, 9.17) is 4.99 Å². The number of fused-ring (bicyclic) bond motifs is 2. The number of nitrogens with zero attached hydrogens (tertiary/aromatic N) is 1. The number of benzene rings is 3. The molecule has 3 aromatic carbocycles. The fraction of sp³-hybridized carbons (Fsp3) is 0.179. The summed E-state index contributed by atoms with van der Waals surface area (Å²) in [5.74, 6) is 0.668. The van der Waals surface area contributed by atoms with Crippen LogP contribution < -0.4 is 0 Å². The Bertz CT molecular complexity index is 1160. The van der Waals surface area contributed by atoms with E-state index in [-0.39, 0.29) is 0 Å². The summed E-state index contributed by atoms with van der Waals surface area (Å²) < 4.78 is 0. The molecule has 0 bridgehead atoms. The van der Waals surface area contributed by atoms with Crippen LogP contribution in [0.2, 0.25) is 0 Å². The van der Waals surface area contributed by atoms with Gasteiger partial charge in [-0.15, -0.1) is 0 Å². The second-order valence-electron chi connectivity index (χ2n) is 8.01. The average molecular weight is 408 g/mol. The Morgan fingerprint density at radius 3 is 2.13 bits per heavy atom. The van der Waals surface area contributed by atoms with E-state index in [1.807, 2.05) is 11.8 Å². The molecule has 2 atom stereocenters. The number of hydrogen-bond acceptors (Lipinski definition) is 2. The SMILES string of the molecule is CC(C1=C2Sc3cccc(C(C)c4ccccc4)c3N=C2CC=C1)c1ccccc1. The number of thioether (sulfide) groups is 1. The van der Waals surface area contributed by atoms with E-state index in [1.165, 1.54) is 37.8 Å². The lowest BCUT2D eigenvalue weighted by molar-refractivity contribution is 0.909. The van der Waals surface area contributed by atoms with Gasteiger partial charge in [-0.2, -0.15) is 0 Å². The maximum absolute atomic E-state index is 5.23. The number of aliphatic imine (C=N–C) groups is 1. The normalized spacial score (nSPS) is 17.1. The number of rotatable bonds is 4. The lowest BCUT2D eigenvalue weighted by Crippen LogP contribution is -2.13. The van der Waals surface area contributed by atoms with Gasteiger partial charge < -0.3 is 0 Å². The predicted molar refractivity (Wildman–Crippen MR) is 129 cm³/mol. The lowest BCUT2D eigenvalue weighted by Gasteiger charge is -2.28. The zero-order valence-electron chi connectivity index (χ0n) is 17.4. The van der Waals surface area contributed by atoms with Crippen molar-refractivity contribution in [1.82, 2.24) is 0 Å². The number of allylic oxidation sites excluding steroid dienone is 4. The Morgan fingerprint density at radius 2 is 1.43 bits per heavy atom. The van der Waals surface area contributed by atoms with Crippen molar-refractivity contribution in [2.45, 2.75) is 37.0 Å². The fourth-order valence-corrected chi connectivity index (χ4v) is 5.60. The third kappa shape index (κ3) is 3.46. The van der Waals surface area contributed by atoms with Gasteiger partial charge in [0.15, 0.2) is 0 Å². The molecule has 1 nitrogen and oxygen atoms in total. The highest BCUT2D eigenvalue weighted by Gasteiger charge is 2.27. The summed E-state index contributed by atoms with van der Waals surface area (Å²) in [6.45, 7) is 4.58. The van der Waals surface area contributed by atoms with E-state index in [2.05, 4.69) is 105 Å². The van der Waals surface area contributed by atoms with Crippen LogP contribution in [0, 0.1) is 0 Å². The van der Waals surface area contributed by atoms with Crippen LogP contribution in [0.5, 0.6) is 0 Å². The molecule has 0 saturated carbocycles. The van der Waals surface area contributed by atoms with Crippen LogP contribution in [0.3, 0.4) is 0 Å². The third-order valence-electron chi connectivity index (χ3n) is 6.15. The van der Waals surface area contributed by atoms with E-state index >= 15 is 0 Å². The van der Waals surface area contributed by atoms with E-state index in [0.717, 1.165) is 12.1 Å². The molecule has 0 N–H and O–H groups in total. The minimum Gasteiger partial charge on any atom is -0.250 e. The quantitative estimate of drug-likeness (QED) is 0.426. The van der Waals surface area contributed by atoms with E-state index in [1.54, 1.807) is 0 Å². The van der Waals surface area contributed by atoms with Gasteiger partial charge in [-0.25, -0.2) is 0 Å². The van der Waals surface area contributed by atoms with Gasteiger partial charge in [0.2, 0.25) is 0 Å². The summed E-state index contributed by atoms with van der Waals surface area (Å²) in [5, 5.41) is 0. The summed E-state index contributed by atoms with van der Waals surface area (Å²) in [4.78, 5) is 7.83. The highest BCUT2D eigenvalue weighted by atomic mass is 32.2. The molecule has 0 fully saturated rings. The molecule has 0 aromatic heterocycles.